The minimum atomic E-state index is 0. The first-order chi connectivity index (χ1) is 1.00. The Bertz CT molecular complexity index is 8.49. The van der Waals surface area contributed by atoms with Gasteiger partial charge in [0.15, 0.2) is 0 Å². The second-order valence-electron chi connectivity index (χ2n) is 0. The Morgan fingerprint density at radius 1 is 0.625 bits per heavy atom. The quantitative estimate of drug-likeness (QED) is 0.263. The van der Waals surface area contributed by atoms with Gasteiger partial charge in [-0.1, -0.05) is 0 Å². The molecule has 0 saturated heterocycles. The summed E-state index contributed by atoms with van der Waals surface area (Å²) in [5.41, 5.74) is 5.75. The standard InChI is InChI=1S/Fe.NO.5H2O/c;1-2;;;;;/h;;5*1H2/q+3;-1;;;;;/p+5. The largest absolute Gasteiger partial charge is 3.00 e. The van der Waals surface area contributed by atoms with Crippen LogP contribution in [0.3, 0.4) is 0 Å². The van der Waals surface area contributed by atoms with Crippen molar-refractivity contribution in [3.8, 4) is 0 Å². The predicted octanol–water partition coefficient (Wildman–Crippen LogP) is -4.29. The molecule has 0 fully saturated rings. The molecule has 0 aliphatic rings. The van der Waals surface area contributed by atoms with Crippen molar-refractivity contribution in [2.24, 2.45) is 0 Å². The average molecular weight is 181 g/mol. The molecule has 0 unspecified atom stereocenters. The van der Waals surface area contributed by atoms with Crippen LogP contribution in [0, 0.1) is 4.91 Å². The Morgan fingerprint density at radius 2 is 0.625 bits per heavy atom. The van der Waals surface area contributed by atoms with Gasteiger partial charge in [-0.2, -0.15) is 0 Å². The maximum Gasteiger partial charge on any atom is 3.00 e. The monoisotopic (exact) mass is 181 g/mol. The van der Waals surface area contributed by atoms with Crippen LogP contribution in [0.15, 0.2) is 0 Å². The van der Waals surface area contributed by atoms with E-state index >= 15 is 0 Å². The van der Waals surface area contributed by atoms with Crippen molar-refractivity contribution < 1.29 is 44.4 Å². The predicted molar refractivity (Wildman–Crippen MR) is 31.1 cm³/mol. The molecule has 0 aliphatic heterocycles. The Morgan fingerprint density at radius 3 is 0.625 bits per heavy atom. The summed E-state index contributed by atoms with van der Waals surface area (Å²) in [4.78, 5) is 7.25. The molecular weight excluding hydrogens is 166 g/mol. The van der Waals surface area contributed by atoms with Crippen molar-refractivity contribution in [3.63, 3.8) is 0 Å². The molecule has 0 amide bonds. The summed E-state index contributed by atoms with van der Waals surface area (Å²) in [6.07, 6.45) is 0. The zero-order chi connectivity index (χ0) is 2.00. The molecule has 0 spiro atoms. The minimum absolute atomic E-state index is 0. The van der Waals surface area contributed by atoms with E-state index in [0.29, 0.717) is 0 Å². The summed E-state index contributed by atoms with van der Waals surface area (Å²) < 4.78 is 0. The Balaban J connectivity index is -0.000000000333. The van der Waals surface area contributed by atoms with Crippen LogP contribution >= 0.6 is 0 Å². The first-order valence-electron chi connectivity index (χ1n) is 0.183. The molecule has 0 aromatic heterocycles. The molecule has 15 N–H and O–H groups in total. The summed E-state index contributed by atoms with van der Waals surface area (Å²) in [5, 5.41) is 0. The van der Waals surface area contributed by atoms with E-state index in [0.717, 1.165) is 0 Å². The Kier molecular flexibility index (Phi) is 2100000. The summed E-state index contributed by atoms with van der Waals surface area (Å²) in [6.45, 7) is 0. The molecule has 7 nitrogen and oxygen atoms in total. The first-order valence-corrected chi connectivity index (χ1v) is 0.183. The molecular formula is H15FeNO6+7. The SMILES string of the molecule is [Fe+3].[N-]=O.[OH3+].[OH3+].[OH3+].[OH3+].[OH3+]. The molecule has 0 aromatic carbocycles. The fourth-order valence-electron chi connectivity index (χ4n) is 0. The fourth-order valence-corrected chi connectivity index (χ4v) is 0. The van der Waals surface area contributed by atoms with Crippen LogP contribution in [0.4, 0.5) is 0 Å². The third-order valence-electron chi connectivity index (χ3n) is 0. The number of rotatable bonds is 0. The van der Waals surface area contributed by atoms with Crippen LogP contribution in [0.1, 0.15) is 0 Å². The van der Waals surface area contributed by atoms with Crippen LogP contribution < -0.4 is 0 Å². The smallest absolute Gasteiger partial charge is 0.577 e. The third kappa shape index (κ3) is 22100. The van der Waals surface area contributed by atoms with Crippen molar-refractivity contribution in [1.29, 1.82) is 0 Å². The maximum atomic E-state index is 7.25. The Hall–Kier alpha value is -0.0805. The van der Waals surface area contributed by atoms with Gasteiger partial charge in [0.05, 0.1) is 0 Å². The van der Waals surface area contributed by atoms with Crippen LogP contribution in [0.2, 0.25) is 0 Å². The topological polar surface area (TPSA) is 204 Å². The normalized spacial score (nSPS) is 0.500. The molecule has 1 radical (unpaired) electrons. The van der Waals surface area contributed by atoms with Gasteiger partial charge in [0, 0.05) is 0 Å². The molecule has 0 atom stereocenters. The fraction of sp³-hybridized carbons (Fsp3) is 0. The minimum Gasteiger partial charge on any atom is -0.577 e. The van der Waals surface area contributed by atoms with E-state index in [4.69, 9.17) is 10.5 Å². The van der Waals surface area contributed by atoms with Crippen molar-refractivity contribution in [2.45, 2.75) is 0 Å². The van der Waals surface area contributed by atoms with Gasteiger partial charge in [-0.05, 0) is 0 Å². The second kappa shape index (κ2) is 37400. The average Bonchev–Trinajstić information content (AvgIpc) is 1.00. The first kappa shape index (κ1) is 448. The van der Waals surface area contributed by atoms with Crippen molar-refractivity contribution in [3.05, 3.63) is 10.5 Å². The van der Waals surface area contributed by atoms with Crippen molar-refractivity contribution in [2.75, 3.05) is 0 Å². The zero-order valence-corrected chi connectivity index (χ0v) is 5.20. The van der Waals surface area contributed by atoms with E-state index in [1.807, 2.05) is 0 Å². The number of hydrogen-bond acceptors (Lipinski definition) is 1. The van der Waals surface area contributed by atoms with Gasteiger partial charge in [-0.25, -0.2) is 0 Å². The van der Waals surface area contributed by atoms with Gasteiger partial charge >= 0.3 is 17.1 Å². The van der Waals surface area contributed by atoms with E-state index in [-0.39, 0.29) is 44.4 Å². The molecule has 57 valence electrons. The summed E-state index contributed by atoms with van der Waals surface area (Å²) >= 11 is 0. The van der Waals surface area contributed by atoms with E-state index in [1.165, 1.54) is 0 Å². The van der Waals surface area contributed by atoms with E-state index in [9.17, 15) is 0 Å². The molecule has 0 heterocycles. The van der Waals surface area contributed by atoms with Crippen LogP contribution in [0.5, 0.6) is 0 Å². The molecule has 0 saturated carbocycles. The molecule has 0 aromatic rings. The van der Waals surface area contributed by atoms with Gasteiger partial charge < -0.3 is 37.9 Å². The summed E-state index contributed by atoms with van der Waals surface area (Å²) in [6, 6.07) is 0. The van der Waals surface area contributed by atoms with E-state index in [2.05, 4.69) is 0 Å². The van der Waals surface area contributed by atoms with E-state index in [1.54, 1.807) is 0 Å². The number of nitrogens with zero attached hydrogens (tertiary/aromatic N) is 1. The molecule has 0 bridgehead atoms. The third-order valence-corrected chi connectivity index (χ3v) is 0. The summed E-state index contributed by atoms with van der Waals surface area (Å²) in [5.74, 6) is 0. The van der Waals surface area contributed by atoms with Gasteiger partial charge in [0.2, 0.25) is 0 Å². The van der Waals surface area contributed by atoms with E-state index < -0.39 is 0 Å². The Labute approximate surface area is 55.9 Å². The van der Waals surface area contributed by atoms with Gasteiger partial charge in [0.1, 0.15) is 0 Å². The molecule has 0 aliphatic carbocycles. The number of hydrogen-bond donors (Lipinski definition) is 0. The number of nitroso groups, excluding NO2 is 1. The van der Waals surface area contributed by atoms with Crippen LogP contribution in [-0.4, -0.2) is 0 Å². The van der Waals surface area contributed by atoms with Crippen LogP contribution in [0.25, 0.3) is 5.59 Å². The van der Waals surface area contributed by atoms with Crippen LogP contribution in [-0.2, 0) is 44.4 Å². The molecule has 8 heteroatoms. The van der Waals surface area contributed by atoms with Gasteiger partial charge in [0.25, 0.3) is 0 Å². The molecule has 0 rings (SSSR count). The van der Waals surface area contributed by atoms with Crippen molar-refractivity contribution in [1.82, 2.24) is 0 Å². The maximum absolute atomic E-state index is 7.25. The van der Waals surface area contributed by atoms with Crippen molar-refractivity contribution >= 4 is 0 Å². The molecule has 8 heavy (non-hydrogen) atoms. The summed E-state index contributed by atoms with van der Waals surface area (Å²) in [7, 11) is 0. The second-order valence-corrected chi connectivity index (χ2v) is 0. The van der Waals surface area contributed by atoms with Gasteiger partial charge in [-0.3, -0.25) is 0 Å². The van der Waals surface area contributed by atoms with Gasteiger partial charge in [-0.15, -0.1) is 0 Å². The zero-order valence-electron chi connectivity index (χ0n) is 4.10.